The summed E-state index contributed by atoms with van der Waals surface area (Å²) >= 11 is 9.10. The van der Waals surface area contributed by atoms with Crippen molar-refractivity contribution >= 4 is 45.2 Å². The van der Waals surface area contributed by atoms with Gasteiger partial charge in [-0.15, -0.1) is 0 Å². The minimum absolute atomic E-state index is 0.0579. The molecular weight excluding hydrogens is 348 g/mol. The highest BCUT2D eigenvalue weighted by Gasteiger charge is 2.21. The zero-order valence-electron chi connectivity index (χ0n) is 11.1. The van der Waals surface area contributed by atoms with E-state index in [0.29, 0.717) is 15.2 Å². The van der Waals surface area contributed by atoms with Crippen LogP contribution in [-0.4, -0.2) is 23.7 Å². The number of hydrogen-bond donors (Lipinski definition) is 3. The van der Waals surface area contributed by atoms with Gasteiger partial charge in [-0.1, -0.05) is 25.4 Å². The van der Waals surface area contributed by atoms with Crippen molar-refractivity contribution in [1.82, 2.24) is 5.32 Å². The van der Waals surface area contributed by atoms with Gasteiger partial charge in [-0.2, -0.15) is 0 Å². The smallest absolute Gasteiger partial charge is 0.319 e. The van der Waals surface area contributed by atoms with Crippen LogP contribution in [0.2, 0.25) is 5.02 Å². The number of urea groups is 1. The number of rotatable bonds is 5. The Morgan fingerprint density at radius 1 is 1.40 bits per heavy atom. The number of benzene rings is 1. The first kappa shape index (κ1) is 16.8. The average molecular weight is 364 g/mol. The fourth-order valence-electron chi connectivity index (χ4n) is 1.56. The Morgan fingerprint density at radius 2 is 2.05 bits per heavy atom. The van der Waals surface area contributed by atoms with Crippen LogP contribution in [0.25, 0.3) is 0 Å². The van der Waals surface area contributed by atoms with Crippen LogP contribution in [0.15, 0.2) is 22.7 Å². The summed E-state index contributed by atoms with van der Waals surface area (Å²) in [5, 5.41) is 14.7. The molecule has 110 valence electrons. The summed E-state index contributed by atoms with van der Waals surface area (Å²) in [5.74, 6) is -1.59. The van der Waals surface area contributed by atoms with Crippen LogP contribution < -0.4 is 10.6 Å². The molecule has 1 atom stereocenters. The van der Waals surface area contributed by atoms with E-state index in [4.69, 9.17) is 16.7 Å². The molecule has 0 saturated heterocycles. The fourth-order valence-corrected chi connectivity index (χ4v) is 2.06. The lowest BCUT2D eigenvalue weighted by Crippen LogP contribution is -2.37. The first-order valence-electron chi connectivity index (χ1n) is 6.04. The van der Waals surface area contributed by atoms with Crippen LogP contribution in [0, 0.1) is 11.8 Å². The van der Waals surface area contributed by atoms with E-state index in [0.717, 1.165) is 0 Å². The number of halogens is 2. The van der Waals surface area contributed by atoms with Crippen molar-refractivity contribution in [2.45, 2.75) is 13.8 Å². The van der Waals surface area contributed by atoms with Crippen LogP contribution in [0.4, 0.5) is 10.5 Å². The van der Waals surface area contributed by atoms with Gasteiger partial charge < -0.3 is 15.7 Å². The van der Waals surface area contributed by atoms with E-state index in [1.54, 1.807) is 32.0 Å². The average Bonchev–Trinajstić information content (AvgIpc) is 2.33. The van der Waals surface area contributed by atoms with Crippen molar-refractivity contribution in [2.24, 2.45) is 11.8 Å². The molecule has 0 heterocycles. The summed E-state index contributed by atoms with van der Waals surface area (Å²) < 4.78 is 0.669. The van der Waals surface area contributed by atoms with Crippen LogP contribution in [0.5, 0.6) is 0 Å². The molecular formula is C13H16BrClN2O3. The number of carbonyl (C=O) groups is 2. The van der Waals surface area contributed by atoms with Gasteiger partial charge in [0.15, 0.2) is 0 Å². The number of anilines is 1. The highest BCUT2D eigenvalue weighted by Crippen LogP contribution is 2.25. The second kappa shape index (κ2) is 7.50. The molecule has 0 saturated carbocycles. The fraction of sp³-hybridized carbons (Fsp3) is 0.385. The zero-order valence-corrected chi connectivity index (χ0v) is 13.5. The van der Waals surface area contributed by atoms with E-state index in [1.807, 2.05) is 0 Å². The predicted molar refractivity (Wildman–Crippen MR) is 82.1 cm³/mol. The lowest BCUT2D eigenvalue weighted by Gasteiger charge is -2.17. The molecule has 0 aliphatic carbocycles. The van der Waals surface area contributed by atoms with E-state index in [-0.39, 0.29) is 12.5 Å². The third kappa shape index (κ3) is 5.02. The second-order valence-corrected chi connectivity index (χ2v) is 5.91. The zero-order chi connectivity index (χ0) is 15.3. The number of aliphatic carboxylic acids is 1. The quantitative estimate of drug-likeness (QED) is 0.748. The number of carboxylic acids is 1. The minimum Gasteiger partial charge on any atom is -0.481 e. The number of nitrogens with one attached hydrogen (secondary N) is 2. The van der Waals surface area contributed by atoms with Gasteiger partial charge in [0.2, 0.25) is 0 Å². The Balaban J connectivity index is 2.55. The summed E-state index contributed by atoms with van der Waals surface area (Å²) in [7, 11) is 0. The number of carbonyl (C=O) groups excluding carboxylic acids is 1. The highest BCUT2D eigenvalue weighted by atomic mass is 79.9. The monoisotopic (exact) mass is 362 g/mol. The maximum absolute atomic E-state index is 11.7. The van der Waals surface area contributed by atoms with Gasteiger partial charge in [0, 0.05) is 16.7 Å². The lowest BCUT2D eigenvalue weighted by atomic mass is 9.96. The van der Waals surface area contributed by atoms with Crippen LogP contribution in [0.1, 0.15) is 13.8 Å². The Bertz CT molecular complexity index is 508. The lowest BCUT2D eigenvalue weighted by molar-refractivity contribution is -0.142. The Kier molecular flexibility index (Phi) is 6.29. The van der Waals surface area contributed by atoms with Crippen molar-refractivity contribution in [3.8, 4) is 0 Å². The second-order valence-electron chi connectivity index (χ2n) is 4.65. The summed E-state index contributed by atoms with van der Waals surface area (Å²) in [4.78, 5) is 22.7. The van der Waals surface area contributed by atoms with Crippen molar-refractivity contribution in [3.05, 3.63) is 27.7 Å². The standard InChI is InChI=1S/C13H16BrClN2O3/c1-7(2)9(12(18)19)6-16-13(20)17-8-3-4-11(15)10(14)5-8/h3-5,7,9H,6H2,1-2H3,(H,18,19)(H2,16,17,20). The normalized spacial score (nSPS) is 12.1. The molecule has 1 unspecified atom stereocenters. The van der Waals surface area contributed by atoms with E-state index >= 15 is 0 Å². The summed E-state index contributed by atoms with van der Waals surface area (Å²) in [6, 6.07) is 4.52. The topological polar surface area (TPSA) is 78.4 Å². The summed E-state index contributed by atoms with van der Waals surface area (Å²) in [6.07, 6.45) is 0. The first-order chi connectivity index (χ1) is 9.31. The molecule has 0 bridgehead atoms. The molecule has 5 nitrogen and oxygen atoms in total. The van der Waals surface area contributed by atoms with E-state index in [2.05, 4.69) is 26.6 Å². The van der Waals surface area contributed by atoms with Gasteiger partial charge in [-0.05, 0) is 40.0 Å². The van der Waals surface area contributed by atoms with Crippen molar-refractivity contribution in [3.63, 3.8) is 0 Å². The van der Waals surface area contributed by atoms with E-state index < -0.39 is 17.9 Å². The molecule has 20 heavy (non-hydrogen) atoms. The highest BCUT2D eigenvalue weighted by molar-refractivity contribution is 9.10. The summed E-state index contributed by atoms with van der Waals surface area (Å²) in [5.41, 5.74) is 0.565. The Labute approximate surface area is 130 Å². The maximum atomic E-state index is 11.7. The van der Waals surface area contributed by atoms with Crippen molar-refractivity contribution in [1.29, 1.82) is 0 Å². The van der Waals surface area contributed by atoms with Crippen LogP contribution >= 0.6 is 27.5 Å². The van der Waals surface area contributed by atoms with Gasteiger partial charge in [0.25, 0.3) is 0 Å². The van der Waals surface area contributed by atoms with Gasteiger partial charge in [0.05, 0.1) is 10.9 Å². The number of amides is 2. The van der Waals surface area contributed by atoms with Crippen LogP contribution in [-0.2, 0) is 4.79 Å². The summed E-state index contributed by atoms with van der Waals surface area (Å²) in [6.45, 7) is 3.68. The largest absolute Gasteiger partial charge is 0.481 e. The van der Waals surface area contributed by atoms with Crippen molar-refractivity contribution < 1.29 is 14.7 Å². The van der Waals surface area contributed by atoms with Crippen LogP contribution in [0.3, 0.4) is 0 Å². The first-order valence-corrected chi connectivity index (χ1v) is 7.21. The molecule has 3 N–H and O–H groups in total. The molecule has 0 spiro atoms. The van der Waals surface area contributed by atoms with Gasteiger partial charge in [0.1, 0.15) is 0 Å². The Morgan fingerprint density at radius 3 is 2.55 bits per heavy atom. The Hall–Kier alpha value is -1.27. The van der Waals surface area contributed by atoms with E-state index in [9.17, 15) is 9.59 Å². The van der Waals surface area contributed by atoms with Gasteiger partial charge >= 0.3 is 12.0 Å². The third-order valence-corrected chi connectivity index (χ3v) is 4.00. The molecule has 0 fully saturated rings. The molecule has 7 heteroatoms. The molecule has 1 aromatic rings. The van der Waals surface area contributed by atoms with E-state index in [1.165, 1.54) is 0 Å². The molecule has 1 rings (SSSR count). The molecule has 1 aromatic carbocycles. The van der Waals surface area contributed by atoms with Gasteiger partial charge in [-0.3, -0.25) is 4.79 Å². The third-order valence-electron chi connectivity index (χ3n) is 2.78. The molecule has 0 aliphatic rings. The predicted octanol–water partition coefficient (Wildman–Crippen LogP) is 3.58. The molecule has 0 radical (unpaired) electrons. The number of carboxylic acid groups (broad SMARTS) is 1. The molecule has 0 aliphatic heterocycles. The molecule has 0 aromatic heterocycles. The number of hydrogen-bond acceptors (Lipinski definition) is 2. The van der Waals surface area contributed by atoms with Gasteiger partial charge in [-0.25, -0.2) is 4.79 Å². The SMILES string of the molecule is CC(C)C(CNC(=O)Nc1ccc(Cl)c(Br)c1)C(=O)O. The molecule has 2 amide bonds. The van der Waals surface area contributed by atoms with Crippen molar-refractivity contribution in [2.75, 3.05) is 11.9 Å². The maximum Gasteiger partial charge on any atom is 0.319 e. The minimum atomic E-state index is -0.922.